The molecule has 0 unspecified atom stereocenters. The summed E-state index contributed by atoms with van der Waals surface area (Å²) in [6.07, 6.45) is 1.13. The van der Waals surface area contributed by atoms with Crippen LogP contribution in [-0.2, 0) is 24.7 Å². The molecule has 3 rings (SSSR count). The Morgan fingerprint density at radius 2 is 1.50 bits per heavy atom. The normalized spacial score (nSPS) is 12.7. The number of amides is 1. The summed E-state index contributed by atoms with van der Waals surface area (Å²) < 4.78 is 51.5. The molecule has 0 fully saturated rings. The lowest BCUT2D eigenvalue weighted by atomic mass is 10.1. The molecule has 0 bridgehead atoms. The van der Waals surface area contributed by atoms with Crippen LogP contribution in [0.4, 0.5) is 5.69 Å². The fourth-order valence-electron chi connectivity index (χ4n) is 3.51. The number of carbonyl (C=O) groups excluding carboxylic acids is 1. The van der Waals surface area contributed by atoms with E-state index >= 15 is 0 Å². The third kappa shape index (κ3) is 5.84. The van der Waals surface area contributed by atoms with Gasteiger partial charge in [-0.05, 0) is 67.8 Å². The van der Waals surface area contributed by atoms with Gasteiger partial charge in [0.15, 0.2) is 9.84 Å². The van der Waals surface area contributed by atoms with Crippen molar-refractivity contribution in [3.05, 3.63) is 89.5 Å². The van der Waals surface area contributed by atoms with Gasteiger partial charge in [0.2, 0.25) is 5.91 Å². The van der Waals surface area contributed by atoms with Gasteiger partial charge in [0.1, 0.15) is 6.54 Å². The second-order valence-corrected chi connectivity index (χ2v) is 12.1. The van der Waals surface area contributed by atoms with Crippen LogP contribution in [0.2, 0.25) is 0 Å². The van der Waals surface area contributed by atoms with Gasteiger partial charge in [0, 0.05) is 6.26 Å². The van der Waals surface area contributed by atoms with E-state index in [1.165, 1.54) is 24.3 Å². The number of hydrogen-bond donors (Lipinski definition) is 1. The van der Waals surface area contributed by atoms with Crippen molar-refractivity contribution >= 4 is 31.5 Å². The summed E-state index contributed by atoms with van der Waals surface area (Å²) in [5.41, 5.74) is 2.73. The summed E-state index contributed by atoms with van der Waals surface area (Å²) in [4.78, 5) is 13.3. The highest BCUT2D eigenvalue weighted by molar-refractivity contribution is 7.93. The molecule has 0 aliphatic rings. The molecule has 1 atom stereocenters. The Morgan fingerprint density at radius 3 is 2.09 bits per heavy atom. The molecule has 0 saturated heterocycles. The average molecular weight is 501 g/mol. The standard InChI is InChI=1S/C25H28N2O5S2/c1-18-10-11-19(2)24(16-18)27(34(31,32)23-8-6-5-7-9-23)17-25(28)26-20(3)21-12-14-22(15-13-21)33(4,29)30/h5-16,20H,17H2,1-4H3,(H,26,28)/t20-/m1/s1. The first-order valence-corrected chi connectivity index (χ1v) is 14.0. The highest BCUT2D eigenvalue weighted by atomic mass is 32.2. The van der Waals surface area contributed by atoms with Crippen LogP contribution in [0.3, 0.4) is 0 Å². The Hall–Kier alpha value is -3.17. The Balaban J connectivity index is 1.89. The zero-order chi connectivity index (χ0) is 25.1. The smallest absolute Gasteiger partial charge is 0.264 e. The Kier molecular flexibility index (Phi) is 7.48. The minimum atomic E-state index is -4.01. The van der Waals surface area contributed by atoms with E-state index in [-0.39, 0.29) is 9.79 Å². The molecule has 3 aromatic rings. The predicted octanol–water partition coefficient (Wildman–Crippen LogP) is 3.78. The summed E-state index contributed by atoms with van der Waals surface area (Å²) in [5.74, 6) is -0.486. The maximum absolute atomic E-state index is 13.5. The van der Waals surface area contributed by atoms with Gasteiger partial charge >= 0.3 is 0 Å². The van der Waals surface area contributed by atoms with Gasteiger partial charge in [-0.25, -0.2) is 16.8 Å². The number of sulfonamides is 1. The Labute approximate surface area is 201 Å². The van der Waals surface area contributed by atoms with E-state index in [1.54, 1.807) is 50.2 Å². The van der Waals surface area contributed by atoms with Crippen LogP contribution in [0, 0.1) is 13.8 Å². The number of nitrogens with one attached hydrogen (secondary N) is 1. The van der Waals surface area contributed by atoms with Crippen molar-refractivity contribution in [1.29, 1.82) is 0 Å². The molecule has 34 heavy (non-hydrogen) atoms. The van der Waals surface area contributed by atoms with Crippen molar-refractivity contribution < 1.29 is 21.6 Å². The minimum absolute atomic E-state index is 0.0909. The van der Waals surface area contributed by atoms with Crippen molar-refractivity contribution in [3.8, 4) is 0 Å². The van der Waals surface area contributed by atoms with Crippen molar-refractivity contribution in [2.75, 3.05) is 17.1 Å². The molecule has 3 aromatic carbocycles. The number of nitrogens with zero attached hydrogens (tertiary/aromatic N) is 1. The average Bonchev–Trinajstić information content (AvgIpc) is 2.79. The van der Waals surface area contributed by atoms with Gasteiger partial charge in [-0.1, -0.05) is 42.5 Å². The SMILES string of the molecule is Cc1ccc(C)c(N(CC(=O)N[C@H](C)c2ccc(S(C)(=O)=O)cc2)S(=O)(=O)c2ccccc2)c1. The highest BCUT2D eigenvalue weighted by Crippen LogP contribution is 2.28. The molecule has 7 nitrogen and oxygen atoms in total. The van der Waals surface area contributed by atoms with Crippen LogP contribution >= 0.6 is 0 Å². The van der Waals surface area contributed by atoms with Gasteiger partial charge in [-0.15, -0.1) is 0 Å². The molecular weight excluding hydrogens is 472 g/mol. The first-order valence-electron chi connectivity index (χ1n) is 10.6. The first-order chi connectivity index (χ1) is 15.9. The van der Waals surface area contributed by atoms with Crippen molar-refractivity contribution in [3.63, 3.8) is 0 Å². The summed E-state index contributed by atoms with van der Waals surface area (Å²) in [6.45, 7) is 5.00. The van der Waals surface area contributed by atoms with E-state index in [2.05, 4.69) is 5.32 Å². The van der Waals surface area contributed by atoms with Crippen molar-refractivity contribution in [2.45, 2.75) is 36.6 Å². The maximum Gasteiger partial charge on any atom is 0.264 e. The molecule has 1 amide bonds. The van der Waals surface area contributed by atoms with Gasteiger partial charge in [0.05, 0.1) is 21.5 Å². The number of benzene rings is 3. The van der Waals surface area contributed by atoms with Gasteiger partial charge < -0.3 is 5.32 Å². The summed E-state index contributed by atoms with van der Waals surface area (Å²) >= 11 is 0. The molecule has 0 heterocycles. The van der Waals surface area contributed by atoms with Crippen LogP contribution < -0.4 is 9.62 Å². The maximum atomic E-state index is 13.5. The van der Waals surface area contributed by atoms with E-state index in [0.29, 0.717) is 11.3 Å². The summed E-state index contributed by atoms with van der Waals surface area (Å²) in [6, 6.07) is 19.2. The number of aryl methyl sites for hydroxylation is 2. The van der Waals surface area contributed by atoms with Crippen LogP contribution in [-0.4, -0.2) is 35.5 Å². The summed E-state index contributed by atoms with van der Waals surface area (Å²) in [5, 5.41) is 2.82. The van der Waals surface area contributed by atoms with Crippen molar-refractivity contribution in [2.24, 2.45) is 0 Å². The fourth-order valence-corrected chi connectivity index (χ4v) is 5.64. The number of carbonyl (C=O) groups is 1. The van der Waals surface area contributed by atoms with Crippen LogP contribution in [0.25, 0.3) is 0 Å². The fraction of sp³-hybridized carbons (Fsp3) is 0.240. The molecule has 0 aliphatic carbocycles. The molecule has 0 aliphatic heterocycles. The Morgan fingerprint density at radius 1 is 0.882 bits per heavy atom. The zero-order valence-electron chi connectivity index (χ0n) is 19.5. The third-order valence-corrected chi connectivity index (χ3v) is 8.34. The number of rotatable bonds is 8. The third-order valence-electron chi connectivity index (χ3n) is 5.44. The highest BCUT2D eigenvalue weighted by Gasteiger charge is 2.28. The monoisotopic (exact) mass is 500 g/mol. The van der Waals surface area contributed by atoms with E-state index < -0.39 is 38.4 Å². The summed E-state index contributed by atoms with van der Waals surface area (Å²) in [7, 11) is -7.33. The zero-order valence-corrected chi connectivity index (χ0v) is 21.2. The quantitative estimate of drug-likeness (QED) is 0.507. The van der Waals surface area contributed by atoms with E-state index in [9.17, 15) is 21.6 Å². The van der Waals surface area contributed by atoms with Gasteiger partial charge in [-0.2, -0.15) is 0 Å². The second kappa shape index (κ2) is 9.99. The van der Waals surface area contributed by atoms with E-state index in [4.69, 9.17) is 0 Å². The molecular formula is C25H28N2O5S2. The first kappa shape index (κ1) is 25.5. The lowest BCUT2D eigenvalue weighted by molar-refractivity contribution is -0.120. The predicted molar refractivity (Wildman–Crippen MR) is 133 cm³/mol. The molecule has 1 N–H and O–H groups in total. The minimum Gasteiger partial charge on any atom is -0.348 e. The number of hydrogen-bond acceptors (Lipinski definition) is 5. The van der Waals surface area contributed by atoms with Crippen LogP contribution in [0.1, 0.15) is 29.7 Å². The lowest BCUT2D eigenvalue weighted by Gasteiger charge is -2.27. The molecule has 0 spiro atoms. The number of sulfone groups is 1. The van der Waals surface area contributed by atoms with E-state index in [1.807, 2.05) is 19.1 Å². The van der Waals surface area contributed by atoms with Gasteiger partial charge in [0.25, 0.3) is 10.0 Å². The van der Waals surface area contributed by atoms with Crippen LogP contribution in [0.5, 0.6) is 0 Å². The second-order valence-electron chi connectivity index (χ2n) is 8.25. The van der Waals surface area contributed by atoms with Crippen molar-refractivity contribution in [1.82, 2.24) is 5.32 Å². The van der Waals surface area contributed by atoms with Gasteiger partial charge in [-0.3, -0.25) is 9.10 Å². The molecule has 9 heteroatoms. The molecule has 0 saturated carbocycles. The molecule has 180 valence electrons. The molecule has 0 aromatic heterocycles. The largest absolute Gasteiger partial charge is 0.348 e. The Bertz CT molecular complexity index is 1380. The topological polar surface area (TPSA) is 101 Å². The van der Waals surface area contributed by atoms with Crippen LogP contribution in [0.15, 0.2) is 82.6 Å². The number of anilines is 1. The van der Waals surface area contributed by atoms with E-state index in [0.717, 1.165) is 21.7 Å². The lowest BCUT2D eigenvalue weighted by Crippen LogP contribution is -2.42. The molecule has 0 radical (unpaired) electrons.